The molecule has 134 valence electrons. The Balaban J connectivity index is 1.54. The number of hydrogen-bond donors (Lipinski definition) is 2. The van der Waals surface area contributed by atoms with Gasteiger partial charge in [0.15, 0.2) is 0 Å². The molecule has 2 aliphatic heterocycles. The maximum absolute atomic E-state index is 12.7. The molecule has 0 aliphatic carbocycles. The summed E-state index contributed by atoms with van der Waals surface area (Å²) in [5.41, 5.74) is 1.15. The van der Waals surface area contributed by atoms with Crippen LogP contribution in [-0.4, -0.2) is 58.9 Å². The van der Waals surface area contributed by atoms with Crippen molar-refractivity contribution in [2.24, 2.45) is 13.0 Å². The van der Waals surface area contributed by atoms with Crippen molar-refractivity contribution in [3.63, 3.8) is 0 Å². The average molecular weight is 333 g/mol. The summed E-state index contributed by atoms with van der Waals surface area (Å²) in [5, 5.41) is 10.8. The molecular weight excluding hydrogens is 302 g/mol. The number of rotatable bonds is 5. The fourth-order valence-electron chi connectivity index (χ4n) is 4.21. The minimum Gasteiger partial charge on any atom is -0.354 e. The van der Waals surface area contributed by atoms with Crippen LogP contribution in [0.2, 0.25) is 0 Å². The summed E-state index contributed by atoms with van der Waals surface area (Å²) in [4.78, 5) is 15.2. The van der Waals surface area contributed by atoms with Crippen LogP contribution in [0.25, 0.3) is 0 Å². The lowest BCUT2D eigenvalue weighted by atomic mass is 9.90. The highest BCUT2D eigenvalue weighted by Crippen LogP contribution is 2.28. The quantitative estimate of drug-likeness (QED) is 0.847. The molecule has 0 spiro atoms. The van der Waals surface area contributed by atoms with E-state index < -0.39 is 0 Å². The summed E-state index contributed by atoms with van der Waals surface area (Å²) < 4.78 is 1.81. The smallest absolute Gasteiger partial charge is 0.225 e. The first kappa shape index (κ1) is 17.4. The van der Waals surface area contributed by atoms with Gasteiger partial charge in [0.05, 0.1) is 12.1 Å². The molecule has 2 N–H and O–H groups in total. The number of nitrogens with zero attached hydrogens (tertiary/aromatic N) is 3. The largest absolute Gasteiger partial charge is 0.354 e. The van der Waals surface area contributed by atoms with Crippen molar-refractivity contribution in [3.05, 3.63) is 18.0 Å². The van der Waals surface area contributed by atoms with Crippen molar-refractivity contribution in [1.29, 1.82) is 0 Å². The van der Waals surface area contributed by atoms with E-state index in [1.807, 2.05) is 24.1 Å². The minimum absolute atomic E-state index is 0.000166. The summed E-state index contributed by atoms with van der Waals surface area (Å²) in [5.74, 6) is 0.397. The van der Waals surface area contributed by atoms with Gasteiger partial charge in [0.2, 0.25) is 5.91 Å². The lowest BCUT2D eigenvalue weighted by Gasteiger charge is -2.38. The minimum atomic E-state index is 0.000166. The van der Waals surface area contributed by atoms with Gasteiger partial charge in [-0.05, 0) is 38.8 Å². The fraction of sp³-hybridized carbons (Fsp3) is 0.778. The van der Waals surface area contributed by atoms with Gasteiger partial charge in [-0.25, -0.2) is 0 Å². The van der Waals surface area contributed by atoms with Crippen LogP contribution in [0.5, 0.6) is 0 Å². The molecular formula is C18H31N5O. The Morgan fingerprint density at radius 1 is 1.46 bits per heavy atom. The molecule has 0 bridgehead atoms. The third-order valence-corrected chi connectivity index (χ3v) is 5.70. The molecule has 1 aromatic rings. The Labute approximate surface area is 145 Å². The van der Waals surface area contributed by atoms with Crippen LogP contribution in [-0.2, 0) is 11.8 Å². The Kier molecular flexibility index (Phi) is 5.56. The summed E-state index contributed by atoms with van der Waals surface area (Å²) in [6.45, 7) is 8.02. The number of amides is 1. The lowest BCUT2D eigenvalue weighted by Crippen LogP contribution is -2.49. The number of hydrogen-bond acceptors (Lipinski definition) is 4. The normalized spacial score (nSPS) is 29.5. The fourth-order valence-corrected chi connectivity index (χ4v) is 4.21. The first-order valence-electron chi connectivity index (χ1n) is 9.29. The molecule has 3 heterocycles. The van der Waals surface area contributed by atoms with Gasteiger partial charge >= 0.3 is 0 Å². The van der Waals surface area contributed by atoms with Crippen molar-refractivity contribution >= 4 is 5.91 Å². The third kappa shape index (κ3) is 3.81. The lowest BCUT2D eigenvalue weighted by molar-refractivity contribution is -0.125. The highest BCUT2D eigenvalue weighted by Gasteiger charge is 2.35. The number of carbonyl (C=O) groups is 1. The Bertz CT molecular complexity index is 557. The second kappa shape index (κ2) is 7.66. The van der Waals surface area contributed by atoms with E-state index in [1.54, 1.807) is 0 Å². The zero-order valence-corrected chi connectivity index (χ0v) is 15.2. The molecule has 3 rings (SSSR count). The van der Waals surface area contributed by atoms with Crippen LogP contribution in [0, 0.1) is 5.92 Å². The number of aromatic nitrogens is 2. The van der Waals surface area contributed by atoms with Gasteiger partial charge in [-0.3, -0.25) is 14.4 Å². The van der Waals surface area contributed by atoms with Crippen LogP contribution in [0.1, 0.15) is 44.6 Å². The zero-order valence-electron chi connectivity index (χ0n) is 15.2. The van der Waals surface area contributed by atoms with E-state index in [0.717, 1.165) is 31.7 Å². The molecule has 1 aromatic heterocycles. The molecule has 6 nitrogen and oxygen atoms in total. The summed E-state index contributed by atoms with van der Waals surface area (Å²) in [7, 11) is 1.92. The van der Waals surface area contributed by atoms with Gasteiger partial charge in [-0.15, -0.1) is 0 Å². The van der Waals surface area contributed by atoms with Gasteiger partial charge in [0.25, 0.3) is 0 Å². The van der Waals surface area contributed by atoms with Gasteiger partial charge in [0.1, 0.15) is 0 Å². The van der Waals surface area contributed by atoms with E-state index >= 15 is 0 Å². The predicted molar refractivity (Wildman–Crippen MR) is 94.8 cm³/mol. The van der Waals surface area contributed by atoms with Crippen molar-refractivity contribution < 1.29 is 4.79 Å². The van der Waals surface area contributed by atoms with Crippen LogP contribution in [0.15, 0.2) is 12.4 Å². The van der Waals surface area contributed by atoms with E-state index in [9.17, 15) is 4.79 Å². The summed E-state index contributed by atoms with van der Waals surface area (Å²) >= 11 is 0. The van der Waals surface area contributed by atoms with Crippen LogP contribution < -0.4 is 10.6 Å². The van der Waals surface area contributed by atoms with Gasteiger partial charge < -0.3 is 10.6 Å². The Morgan fingerprint density at radius 2 is 2.29 bits per heavy atom. The zero-order chi connectivity index (χ0) is 17.1. The molecule has 2 aliphatic rings. The molecule has 24 heavy (non-hydrogen) atoms. The molecule has 0 saturated carbocycles. The first-order valence-corrected chi connectivity index (χ1v) is 9.29. The summed E-state index contributed by atoms with van der Waals surface area (Å²) in [6.07, 6.45) is 7.79. The highest BCUT2D eigenvalue weighted by atomic mass is 16.1. The maximum Gasteiger partial charge on any atom is 0.225 e. The topological polar surface area (TPSA) is 62.2 Å². The first-order chi connectivity index (χ1) is 11.6. The number of piperidine rings is 1. The van der Waals surface area contributed by atoms with E-state index in [2.05, 4.69) is 34.5 Å². The van der Waals surface area contributed by atoms with Crippen molar-refractivity contribution in [1.82, 2.24) is 25.3 Å². The second-order valence-electron chi connectivity index (χ2n) is 7.50. The molecule has 2 saturated heterocycles. The van der Waals surface area contributed by atoms with E-state index in [0.29, 0.717) is 12.1 Å². The molecule has 0 aromatic carbocycles. The maximum atomic E-state index is 12.7. The number of nitrogens with one attached hydrogen (secondary N) is 2. The summed E-state index contributed by atoms with van der Waals surface area (Å²) in [6, 6.07) is 1.03. The SMILES string of the molecule is CC1CCCCN1C(C)CNC(=O)[C@H]1CNC[C@@H]1c1cnn(C)c1. The van der Waals surface area contributed by atoms with E-state index in [1.165, 1.54) is 19.3 Å². The molecule has 4 atom stereocenters. The van der Waals surface area contributed by atoms with Crippen LogP contribution in [0.3, 0.4) is 0 Å². The van der Waals surface area contributed by atoms with E-state index in [4.69, 9.17) is 0 Å². The highest BCUT2D eigenvalue weighted by molar-refractivity contribution is 5.80. The number of carbonyl (C=O) groups excluding carboxylic acids is 1. The molecule has 2 fully saturated rings. The van der Waals surface area contributed by atoms with Crippen molar-refractivity contribution in [2.45, 2.75) is 51.1 Å². The Hall–Kier alpha value is -1.40. The van der Waals surface area contributed by atoms with Crippen molar-refractivity contribution in [2.75, 3.05) is 26.2 Å². The van der Waals surface area contributed by atoms with Gasteiger partial charge in [0, 0.05) is 50.9 Å². The van der Waals surface area contributed by atoms with E-state index in [-0.39, 0.29) is 17.7 Å². The van der Waals surface area contributed by atoms with Crippen LogP contribution >= 0.6 is 0 Å². The Morgan fingerprint density at radius 3 is 3.00 bits per heavy atom. The molecule has 1 amide bonds. The second-order valence-corrected chi connectivity index (χ2v) is 7.50. The third-order valence-electron chi connectivity index (χ3n) is 5.70. The predicted octanol–water partition coefficient (Wildman–Crippen LogP) is 1.10. The monoisotopic (exact) mass is 333 g/mol. The number of likely N-dealkylation sites (tertiary alicyclic amines) is 1. The standard InChI is InChI=1S/C18H31N5O/c1-13-6-4-5-7-23(13)14(2)8-20-18(24)17-11-19-10-16(17)15-9-21-22(3)12-15/h9,12-14,16-17,19H,4-8,10-11H2,1-3H3,(H,20,24)/t13?,14?,16-,17+/m1/s1. The molecule has 0 radical (unpaired) electrons. The van der Waals surface area contributed by atoms with Gasteiger partial charge in [-0.2, -0.15) is 5.10 Å². The molecule has 6 heteroatoms. The number of aryl methyl sites for hydroxylation is 1. The van der Waals surface area contributed by atoms with Crippen LogP contribution in [0.4, 0.5) is 0 Å². The average Bonchev–Trinajstić information content (AvgIpc) is 3.21. The van der Waals surface area contributed by atoms with Gasteiger partial charge in [-0.1, -0.05) is 6.42 Å². The molecule has 2 unspecified atom stereocenters. The van der Waals surface area contributed by atoms with Crippen molar-refractivity contribution in [3.8, 4) is 0 Å².